The Morgan fingerprint density at radius 3 is 2.48 bits per heavy atom. The number of piperazine rings is 1. The van der Waals surface area contributed by atoms with E-state index in [-0.39, 0.29) is 5.91 Å². The van der Waals surface area contributed by atoms with Gasteiger partial charge >= 0.3 is 0 Å². The van der Waals surface area contributed by atoms with E-state index >= 15 is 0 Å². The van der Waals surface area contributed by atoms with Gasteiger partial charge in [-0.05, 0) is 42.5 Å². The highest BCUT2D eigenvalue weighted by Crippen LogP contribution is 2.33. The minimum atomic E-state index is -0.0351. The number of hydrogen-bond donors (Lipinski definition) is 1. The van der Waals surface area contributed by atoms with Crippen molar-refractivity contribution in [3.63, 3.8) is 0 Å². The molecule has 0 aliphatic carbocycles. The monoisotopic (exact) mass is 473 g/mol. The van der Waals surface area contributed by atoms with Crippen LogP contribution in [0.5, 0.6) is 0 Å². The van der Waals surface area contributed by atoms with Crippen LogP contribution in [0.3, 0.4) is 0 Å². The quantitative estimate of drug-likeness (QED) is 0.501. The van der Waals surface area contributed by atoms with Crippen molar-refractivity contribution in [2.24, 2.45) is 5.73 Å². The third kappa shape index (κ3) is 4.65. The van der Waals surface area contributed by atoms with Gasteiger partial charge in [0.1, 0.15) is 0 Å². The summed E-state index contributed by atoms with van der Waals surface area (Å²) in [5.41, 5.74) is 8.83. The van der Waals surface area contributed by atoms with Gasteiger partial charge < -0.3 is 10.6 Å². The molecular weight excluding hydrogens is 449 g/mol. The molecule has 4 nitrogen and oxygen atoms in total. The molecule has 2 aromatic rings. The van der Waals surface area contributed by atoms with Crippen LogP contribution in [0.1, 0.15) is 40.2 Å². The fourth-order valence-electron chi connectivity index (χ4n) is 4.65. The standard InChI is InChI=1S/C24H25Cl2N3OS/c25-19-7-4-16(5-8-19)17-6-9-20-14-29(11-10-28(20)13-17)24(30)22-3-1-2-21(23(22)26)18(12-27)15-31/h1-5,7-8,12,15,17,20H,6,9-11,13-14,27H2/b18-12+. The van der Waals surface area contributed by atoms with Crippen LogP contribution in [0.25, 0.3) is 5.57 Å². The lowest BCUT2D eigenvalue weighted by molar-refractivity contribution is 0.0329. The van der Waals surface area contributed by atoms with Crippen LogP contribution >= 0.6 is 35.4 Å². The van der Waals surface area contributed by atoms with Crippen molar-refractivity contribution in [3.8, 4) is 0 Å². The smallest absolute Gasteiger partial charge is 0.255 e. The zero-order valence-corrected chi connectivity index (χ0v) is 19.5. The van der Waals surface area contributed by atoms with E-state index in [9.17, 15) is 4.79 Å². The fraction of sp³-hybridized carbons (Fsp3) is 0.333. The number of benzene rings is 2. The Bertz CT molecular complexity index is 1010. The summed E-state index contributed by atoms with van der Waals surface area (Å²) >= 11 is 17.6. The zero-order chi connectivity index (χ0) is 22.0. The lowest BCUT2D eigenvalue weighted by atomic mass is 9.86. The molecule has 2 saturated heterocycles. The molecule has 0 aromatic heterocycles. The Morgan fingerprint density at radius 2 is 1.77 bits per heavy atom. The molecule has 2 aromatic carbocycles. The van der Waals surface area contributed by atoms with Crippen LogP contribution in [-0.2, 0) is 0 Å². The number of fused-ring (bicyclic) bond motifs is 1. The number of allylic oxidation sites excluding steroid dienone is 1. The van der Waals surface area contributed by atoms with Crippen LogP contribution in [0.4, 0.5) is 0 Å². The number of carbonyl (C=O) groups excluding carboxylic acids is 1. The first-order valence-corrected chi connectivity index (χ1v) is 11.7. The molecule has 2 N–H and O–H groups in total. The van der Waals surface area contributed by atoms with Crippen LogP contribution in [0.15, 0.2) is 48.7 Å². The molecule has 31 heavy (non-hydrogen) atoms. The predicted molar refractivity (Wildman–Crippen MR) is 132 cm³/mol. The van der Waals surface area contributed by atoms with E-state index in [0.717, 1.165) is 37.5 Å². The Morgan fingerprint density at radius 1 is 1.03 bits per heavy atom. The van der Waals surface area contributed by atoms with Crippen LogP contribution < -0.4 is 5.73 Å². The van der Waals surface area contributed by atoms with Gasteiger partial charge in [0.25, 0.3) is 5.91 Å². The summed E-state index contributed by atoms with van der Waals surface area (Å²) in [6.45, 7) is 3.30. The van der Waals surface area contributed by atoms with Crippen LogP contribution in [0, 0.1) is 0 Å². The van der Waals surface area contributed by atoms with Gasteiger partial charge in [0, 0.05) is 59.9 Å². The molecule has 162 valence electrons. The normalized spacial score (nSPS) is 22.1. The molecule has 2 aliphatic heterocycles. The number of piperidine rings is 1. The fourth-order valence-corrected chi connectivity index (χ4v) is 5.30. The number of nitrogens with two attached hydrogens (primary N) is 1. The molecule has 2 heterocycles. The topological polar surface area (TPSA) is 49.6 Å². The number of amides is 1. The molecular formula is C24H25Cl2N3OS. The second-order valence-electron chi connectivity index (χ2n) is 8.13. The molecule has 2 atom stereocenters. The molecule has 0 spiro atoms. The van der Waals surface area contributed by atoms with E-state index in [0.29, 0.717) is 40.2 Å². The van der Waals surface area contributed by atoms with Gasteiger partial charge in [0.2, 0.25) is 0 Å². The second kappa shape index (κ2) is 9.70. The van der Waals surface area contributed by atoms with Crippen LogP contribution in [-0.4, -0.2) is 53.3 Å². The minimum Gasteiger partial charge on any atom is -0.404 e. The maximum atomic E-state index is 13.3. The molecule has 2 fully saturated rings. The number of thiocarbonyl (C=S) groups is 1. The predicted octanol–water partition coefficient (Wildman–Crippen LogP) is 5.00. The van der Waals surface area contributed by atoms with E-state index in [4.69, 9.17) is 41.2 Å². The number of rotatable bonds is 4. The maximum Gasteiger partial charge on any atom is 0.255 e. The SMILES string of the molecule is N/C=C(\C=S)c1cccc(C(=O)N2CCN3CC(c4ccc(Cl)cc4)CCC3C2)c1Cl. The number of hydrogen-bond acceptors (Lipinski definition) is 4. The Kier molecular flexibility index (Phi) is 6.97. The largest absolute Gasteiger partial charge is 0.404 e. The minimum absolute atomic E-state index is 0.0351. The van der Waals surface area contributed by atoms with E-state index < -0.39 is 0 Å². The van der Waals surface area contributed by atoms with Gasteiger partial charge in [0.15, 0.2) is 0 Å². The lowest BCUT2D eigenvalue weighted by Crippen LogP contribution is -2.57. The molecule has 2 aliphatic rings. The average Bonchev–Trinajstić information content (AvgIpc) is 2.80. The van der Waals surface area contributed by atoms with Crippen molar-refractivity contribution < 1.29 is 4.79 Å². The number of carbonyl (C=O) groups is 1. The van der Waals surface area contributed by atoms with Gasteiger partial charge in [-0.15, -0.1) is 0 Å². The van der Waals surface area contributed by atoms with Gasteiger partial charge in [-0.1, -0.05) is 59.7 Å². The van der Waals surface area contributed by atoms with Gasteiger partial charge in [-0.3, -0.25) is 9.69 Å². The summed E-state index contributed by atoms with van der Waals surface area (Å²) in [5, 5.41) is 2.65. The number of nitrogens with zero attached hydrogens (tertiary/aromatic N) is 2. The summed E-state index contributed by atoms with van der Waals surface area (Å²) in [4.78, 5) is 17.7. The second-order valence-corrected chi connectivity index (χ2v) is 9.18. The highest BCUT2D eigenvalue weighted by molar-refractivity contribution is 7.79. The summed E-state index contributed by atoms with van der Waals surface area (Å²) in [6.07, 6.45) is 3.59. The van der Waals surface area contributed by atoms with Crippen LogP contribution in [0.2, 0.25) is 10.0 Å². The Labute approximate surface area is 198 Å². The molecule has 2 unspecified atom stereocenters. The van der Waals surface area contributed by atoms with E-state index in [1.54, 1.807) is 6.07 Å². The molecule has 0 bridgehead atoms. The van der Waals surface area contributed by atoms with Crippen molar-refractivity contribution in [3.05, 3.63) is 75.4 Å². The maximum absolute atomic E-state index is 13.3. The first-order valence-electron chi connectivity index (χ1n) is 10.5. The zero-order valence-electron chi connectivity index (χ0n) is 17.1. The van der Waals surface area contributed by atoms with Gasteiger partial charge in [0.05, 0.1) is 10.6 Å². The highest BCUT2D eigenvalue weighted by Gasteiger charge is 2.35. The van der Waals surface area contributed by atoms with Crippen molar-refractivity contribution in [2.75, 3.05) is 26.2 Å². The lowest BCUT2D eigenvalue weighted by Gasteiger charge is -2.46. The van der Waals surface area contributed by atoms with E-state index in [1.165, 1.54) is 17.1 Å². The van der Waals surface area contributed by atoms with Gasteiger partial charge in [-0.2, -0.15) is 0 Å². The summed E-state index contributed by atoms with van der Waals surface area (Å²) < 4.78 is 0. The third-order valence-corrected chi connectivity index (χ3v) is 7.30. The first kappa shape index (κ1) is 22.3. The molecule has 7 heteroatoms. The Hall–Kier alpha value is -1.92. The molecule has 0 radical (unpaired) electrons. The van der Waals surface area contributed by atoms with Crippen molar-refractivity contribution in [1.82, 2.24) is 9.80 Å². The molecule has 1 amide bonds. The summed E-state index contributed by atoms with van der Waals surface area (Å²) in [6, 6.07) is 14.0. The molecule has 0 saturated carbocycles. The third-order valence-electron chi connectivity index (χ3n) is 6.38. The van der Waals surface area contributed by atoms with Crippen molar-refractivity contribution in [1.29, 1.82) is 0 Å². The highest BCUT2D eigenvalue weighted by atomic mass is 35.5. The molecule has 4 rings (SSSR count). The van der Waals surface area contributed by atoms with Gasteiger partial charge in [-0.25, -0.2) is 0 Å². The van der Waals surface area contributed by atoms with Crippen molar-refractivity contribution in [2.45, 2.75) is 24.8 Å². The summed E-state index contributed by atoms with van der Waals surface area (Å²) in [7, 11) is 0. The van der Waals surface area contributed by atoms with Crippen molar-refractivity contribution >= 4 is 52.3 Å². The Balaban J connectivity index is 1.45. The summed E-state index contributed by atoms with van der Waals surface area (Å²) in [5.74, 6) is 0.477. The first-order chi connectivity index (χ1) is 15.0. The average molecular weight is 474 g/mol. The van der Waals surface area contributed by atoms with E-state index in [1.807, 2.05) is 29.2 Å². The van der Waals surface area contributed by atoms with E-state index in [2.05, 4.69) is 17.0 Å². The number of halogens is 2.